The van der Waals surface area contributed by atoms with Crippen molar-refractivity contribution in [1.29, 1.82) is 0 Å². The Balaban J connectivity index is 2.41. The molecule has 0 saturated carbocycles. The summed E-state index contributed by atoms with van der Waals surface area (Å²) in [6, 6.07) is 1.28. The van der Waals surface area contributed by atoms with Crippen LogP contribution < -0.4 is 4.90 Å². The van der Waals surface area contributed by atoms with Gasteiger partial charge in [0.2, 0.25) is 5.82 Å². The molecule has 2 heterocycles. The first kappa shape index (κ1) is 13.3. The molecule has 7 heteroatoms. The van der Waals surface area contributed by atoms with Crippen molar-refractivity contribution < 1.29 is 14.8 Å². The van der Waals surface area contributed by atoms with Crippen LogP contribution >= 0.6 is 0 Å². The summed E-state index contributed by atoms with van der Waals surface area (Å²) in [6.45, 7) is 3.88. The number of rotatable bonds is 3. The lowest BCUT2D eigenvalue weighted by Gasteiger charge is -2.24. The minimum atomic E-state index is -0.870. The second-order valence-corrected chi connectivity index (χ2v) is 4.72. The van der Waals surface area contributed by atoms with Gasteiger partial charge in [-0.3, -0.25) is 14.9 Å². The second-order valence-electron chi connectivity index (χ2n) is 4.72. The van der Waals surface area contributed by atoms with Crippen LogP contribution in [-0.2, 0) is 4.79 Å². The van der Waals surface area contributed by atoms with Gasteiger partial charge in [0.05, 0.1) is 10.8 Å². The first-order valence-electron chi connectivity index (χ1n) is 6.03. The molecule has 19 heavy (non-hydrogen) atoms. The quantitative estimate of drug-likeness (QED) is 0.658. The van der Waals surface area contributed by atoms with Gasteiger partial charge in [0, 0.05) is 24.3 Å². The predicted molar refractivity (Wildman–Crippen MR) is 68.2 cm³/mol. The molecule has 0 bridgehead atoms. The molecule has 1 aliphatic rings. The maximum Gasteiger partial charge on any atom is 0.314 e. The largest absolute Gasteiger partial charge is 0.481 e. The van der Waals surface area contributed by atoms with Crippen LogP contribution in [0.15, 0.2) is 12.3 Å². The summed E-state index contributed by atoms with van der Waals surface area (Å²) in [6.07, 6.45) is 1.99. The van der Waals surface area contributed by atoms with E-state index in [1.807, 2.05) is 0 Å². The van der Waals surface area contributed by atoms with E-state index in [1.54, 1.807) is 24.8 Å². The highest BCUT2D eigenvalue weighted by molar-refractivity contribution is 5.74. The average Bonchev–Trinajstić information content (AvgIpc) is 2.70. The first-order valence-corrected chi connectivity index (χ1v) is 6.03. The van der Waals surface area contributed by atoms with Gasteiger partial charge in [0.1, 0.15) is 0 Å². The minimum absolute atomic E-state index is 0.0413. The number of carboxylic acid groups (broad SMARTS) is 1. The van der Waals surface area contributed by atoms with Gasteiger partial charge in [-0.05, 0) is 26.3 Å². The number of carbonyl (C=O) groups is 1. The van der Waals surface area contributed by atoms with Gasteiger partial charge in [-0.1, -0.05) is 0 Å². The van der Waals surface area contributed by atoms with Crippen LogP contribution in [0.25, 0.3) is 0 Å². The number of anilines is 1. The number of hydrogen-bond acceptors (Lipinski definition) is 5. The van der Waals surface area contributed by atoms with Crippen molar-refractivity contribution in [3.63, 3.8) is 0 Å². The van der Waals surface area contributed by atoms with Gasteiger partial charge >= 0.3 is 11.7 Å². The Kier molecular flexibility index (Phi) is 3.37. The standard InChI is InChI=1S/C12H15N3O4/c1-7-3-5-13-11(10(7)15(18)19)14-6-4-9(8(14)2)12(16)17/h3,5,8-9H,4,6H2,1-2H3,(H,16,17). The molecule has 1 saturated heterocycles. The van der Waals surface area contributed by atoms with E-state index in [0.717, 1.165) is 0 Å². The molecule has 0 radical (unpaired) electrons. The zero-order chi connectivity index (χ0) is 14.2. The van der Waals surface area contributed by atoms with Crippen molar-refractivity contribution in [2.45, 2.75) is 26.3 Å². The Morgan fingerprint density at radius 2 is 2.32 bits per heavy atom. The predicted octanol–water partition coefficient (Wildman–Crippen LogP) is 1.60. The van der Waals surface area contributed by atoms with Gasteiger partial charge in [-0.2, -0.15) is 0 Å². The number of aliphatic carboxylic acids is 1. The molecule has 1 aromatic heterocycles. The Labute approximate surface area is 110 Å². The van der Waals surface area contributed by atoms with E-state index in [-0.39, 0.29) is 17.5 Å². The molecule has 2 rings (SSSR count). The molecule has 2 unspecified atom stereocenters. The fourth-order valence-electron chi connectivity index (χ4n) is 2.54. The molecule has 1 aromatic rings. The van der Waals surface area contributed by atoms with E-state index in [4.69, 9.17) is 5.11 Å². The van der Waals surface area contributed by atoms with Crippen LogP contribution in [0.2, 0.25) is 0 Å². The van der Waals surface area contributed by atoms with E-state index >= 15 is 0 Å². The zero-order valence-electron chi connectivity index (χ0n) is 10.7. The number of hydrogen-bond donors (Lipinski definition) is 1. The Morgan fingerprint density at radius 3 is 2.84 bits per heavy atom. The maximum atomic E-state index is 11.1. The minimum Gasteiger partial charge on any atom is -0.481 e. The first-order chi connectivity index (χ1) is 8.93. The second kappa shape index (κ2) is 4.83. The molecule has 7 nitrogen and oxygen atoms in total. The van der Waals surface area contributed by atoms with Crippen LogP contribution in [0.5, 0.6) is 0 Å². The summed E-state index contributed by atoms with van der Waals surface area (Å²) < 4.78 is 0. The normalized spacial score (nSPS) is 22.5. The molecule has 102 valence electrons. The van der Waals surface area contributed by atoms with E-state index in [0.29, 0.717) is 18.5 Å². The highest BCUT2D eigenvalue weighted by atomic mass is 16.6. The summed E-state index contributed by atoms with van der Waals surface area (Å²) >= 11 is 0. The Morgan fingerprint density at radius 1 is 1.63 bits per heavy atom. The van der Waals surface area contributed by atoms with Crippen LogP contribution in [0.1, 0.15) is 18.9 Å². The Bertz CT molecular complexity index is 532. The van der Waals surface area contributed by atoms with E-state index in [9.17, 15) is 14.9 Å². The molecule has 0 aliphatic carbocycles. The van der Waals surface area contributed by atoms with Crippen molar-refractivity contribution >= 4 is 17.5 Å². The van der Waals surface area contributed by atoms with Gasteiger partial charge in [0.25, 0.3) is 0 Å². The number of aryl methyl sites for hydroxylation is 1. The van der Waals surface area contributed by atoms with Crippen molar-refractivity contribution in [2.75, 3.05) is 11.4 Å². The van der Waals surface area contributed by atoms with Gasteiger partial charge < -0.3 is 10.0 Å². The van der Waals surface area contributed by atoms with Gasteiger partial charge in [-0.25, -0.2) is 4.98 Å². The Hall–Kier alpha value is -2.18. The third-order valence-corrected chi connectivity index (χ3v) is 3.63. The van der Waals surface area contributed by atoms with Gasteiger partial charge in [0.15, 0.2) is 0 Å². The third kappa shape index (κ3) is 2.23. The fourth-order valence-corrected chi connectivity index (χ4v) is 2.54. The highest BCUT2D eigenvalue weighted by Crippen LogP contribution is 2.35. The van der Waals surface area contributed by atoms with Crippen LogP contribution in [-0.4, -0.2) is 33.6 Å². The fraction of sp³-hybridized carbons (Fsp3) is 0.500. The number of aromatic nitrogens is 1. The molecular weight excluding hydrogens is 250 g/mol. The van der Waals surface area contributed by atoms with Crippen molar-refractivity contribution in [3.05, 3.63) is 27.9 Å². The van der Waals surface area contributed by atoms with Gasteiger partial charge in [-0.15, -0.1) is 0 Å². The SMILES string of the molecule is Cc1ccnc(N2CCC(C(=O)O)C2C)c1[N+](=O)[O-]. The molecule has 0 aromatic carbocycles. The smallest absolute Gasteiger partial charge is 0.314 e. The number of carboxylic acids is 1. The summed E-state index contributed by atoms with van der Waals surface area (Å²) in [4.78, 5) is 27.6. The van der Waals surface area contributed by atoms with E-state index in [2.05, 4.69) is 4.98 Å². The monoisotopic (exact) mass is 265 g/mol. The molecular formula is C12H15N3O4. The number of nitro groups is 1. The molecule has 0 amide bonds. The van der Waals surface area contributed by atoms with E-state index < -0.39 is 16.8 Å². The summed E-state index contributed by atoms with van der Waals surface area (Å²) in [5.41, 5.74) is 0.487. The van der Waals surface area contributed by atoms with E-state index in [1.165, 1.54) is 6.20 Å². The van der Waals surface area contributed by atoms with Crippen LogP contribution in [0, 0.1) is 23.0 Å². The highest BCUT2D eigenvalue weighted by Gasteiger charge is 2.39. The number of nitrogens with zero attached hydrogens (tertiary/aromatic N) is 3. The summed E-state index contributed by atoms with van der Waals surface area (Å²) in [7, 11) is 0. The number of pyridine rings is 1. The molecule has 1 N–H and O–H groups in total. The molecule has 0 spiro atoms. The lowest BCUT2D eigenvalue weighted by molar-refractivity contribution is -0.384. The molecule has 2 atom stereocenters. The van der Waals surface area contributed by atoms with Crippen molar-refractivity contribution in [1.82, 2.24) is 4.98 Å². The average molecular weight is 265 g/mol. The van der Waals surface area contributed by atoms with Crippen LogP contribution in [0.3, 0.4) is 0 Å². The van der Waals surface area contributed by atoms with Crippen LogP contribution in [0.4, 0.5) is 11.5 Å². The summed E-state index contributed by atoms with van der Waals surface area (Å²) in [5.74, 6) is -1.12. The topological polar surface area (TPSA) is 96.6 Å². The third-order valence-electron chi connectivity index (χ3n) is 3.63. The maximum absolute atomic E-state index is 11.1. The van der Waals surface area contributed by atoms with Crippen molar-refractivity contribution in [2.24, 2.45) is 5.92 Å². The lowest BCUT2D eigenvalue weighted by Crippen LogP contribution is -2.34. The molecule has 1 fully saturated rings. The van der Waals surface area contributed by atoms with Crippen molar-refractivity contribution in [3.8, 4) is 0 Å². The lowest BCUT2D eigenvalue weighted by atomic mass is 10.0. The zero-order valence-corrected chi connectivity index (χ0v) is 10.7. The molecule has 1 aliphatic heterocycles. The summed E-state index contributed by atoms with van der Waals surface area (Å²) in [5, 5.41) is 20.2.